The molecule has 0 aliphatic rings. The van der Waals surface area contributed by atoms with Gasteiger partial charge in [-0.2, -0.15) is 12.6 Å². The van der Waals surface area contributed by atoms with Crippen molar-refractivity contribution in [1.82, 2.24) is 37.2 Å². The Kier molecular flexibility index (Phi) is 23.5. The molecule has 0 unspecified atom stereocenters. The number of hydrogen-bond donors (Lipinski definition) is 14. The summed E-state index contributed by atoms with van der Waals surface area (Å²) in [5.41, 5.74) is 12.0. The number of unbranched alkanes of at least 4 members (excludes halogenated alkanes) is 1. The van der Waals surface area contributed by atoms with E-state index in [1.54, 1.807) is 31.2 Å². The normalized spacial score (nSPS) is 13.1. The Balaban J connectivity index is 2.66. The van der Waals surface area contributed by atoms with E-state index < -0.39 is 103 Å². The van der Waals surface area contributed by atoms with Crippen LogP contribution in [-0.2, 0) is 46.5 Å². The van der Waals surface area contributed by atoms with E-state index in [1.807, 2.05) is 5.32 Å². The van der Waals surface area contributed by atoms with Crippen molar-refractivity contribution in [2.45, 2.75) is 101 Å². The third-order valence-electron chi connectivity index (χ3n) is 8.17. The van der Waals surface area contributed by atoms with E-state index >= 15 is 0 Å². The first-order valence-corrected chi connectivity index (χ1v) is 19.1. The molecule has 15 N–H and O–H groups in total. The number of aliphatic imine (C=N–C) groups is 1. The van der Waals surface area contributed by atoms with Gasteiger partial charge in [-0.1, -0.05) is 24.3 Å². The van der Waals surface area contributed by atoms with Gasteiger partial charge in [0.05, 0.1) is 12.8 Å². The predicted molar refractivity (Wildman–Crippen MR) is 213 cm³/mol. The summed E-state index contributed by atoms with van der Waals surface area (Å²) in [4.78, 5) is 112. The molecular weight excluding hydrogens is 801 g/mol. The lowest BCUT2D eigenvalue weighted by molar-refractivity contribution is -0.141. The molecule has 0 saturated heterocycles. The summed E-state index contributed by atoms with van der Waals surface area (Å²) >= 11 is 4.09. The number of nitrogens with zero attached hydrogens (tertiary/aromatic N) is 1. The lowest BCUT2D eigenvalue weighted by Crippen LogP contribution is -2.55. The van der Waals surface area contributed by atoms with E-state index in [4.69, 9.17) is 21.7 Å². The SMILES string of the molecule is C[C@H](CS)NC(=O)[C@H](CC(=O)O)NC(=O)[C@H](CCCN=C(N)N)NC(=O)Cc1ccc(CNC(=O)NCCCC[C@H](NC(=O)N[C@@H](CCC(=O)O)C(=O)O)C(=O)O)cc1. The molecule has 7 amide bonds. The van der Waals surface area contributed by atoms with Crippen molar-refractivity contribution >= 4 is 72.2 Å². The van der Waals surface area contributed by atoms with Crippen LogP contribution in [0.15, 0.2) is 29.3 Å². The smallest absolute Gasteiger partial charge is 0.326 e. The van der Waals surface area contributed by atoms with Crippen molar-refractivity contribution in [2.24, 2.45) is 16.5 Å². The number of aliphatic carboxylic acids is 4. The van der Waals surface area contributed by atoms with Crippen molar-refractivity contribution in [3.63, 3.8) is 0 Å². The Labute approximate surface area is 344 Å². The topological polar surface area (TPSA) is 383 Å². The second-order valence-corrected chi connectivity index (χ2v) is 13.6. The number of benzene rings is 1. The zero-order valence-corrected chi connectivity index (χ0v) is 33.3. The van der Waals surface area contributed by atoms with Crippen LogP contribution in [0.3, 0.4) is 0 Å². The molecule has 1 aromatic carbocycles. The number of hydrogen-bond acceptors (Lipinski definition) is 11. The molecule has 0 aromatic heterocycles. The van der Waals surface area contributed by atoms with Gasteiger partial charge in [0.1, 0.15) is 24.2 Å². The number of carboxylic acid groups (broad SMARTS) is 4. The molecule has 0 spiro atoms. The minimum absolute atomic E-state index is 0.0427. The minimum atomic E-state index is -1.53. The maximum absolute atomic E-state index is 13.2. The van der Waals surface area contributed by atoms with E-state index in [9.17, 15) is 53.4 Å². The van der Waals surface area contributed by atoms with E-state index in [0.717, 1.165) is 0 Å². The number of nitrogens with two attached hydrogens (primary N) is 2. The Morgan fingerprint density at radius 3 is 1.80 bits per heavy atom. The molecule has 0 fully saturated rings. The third-order valence-corrected chi connectivity index (χ3v) is 8.72. The summed E-state index contributed by atoms with van der Waals surface area (Å²) in [5.74, 6) is -7.40. The van der Waals surface area contributed by atoms with E-state index in [2.05, 4.69) is 49.5 Å². The maximum atomic E-state index is 13.2. The number of carbonyl (C=O) groups is 9. The van der Waals surface area contributed by atoms with Crippen LogP contribution in [0.2, 0.25) is 0 Å². The highest BCUT2D eigenvalue weighted by Gasteiger charge is 2.29. The Morgan fingerprint density at radius 1 is 0.661 bits per heavy atom. The fourth-order valence-corrected chi connectivity index (χ4v) is 5.18. The molecule has 0 radical (unpaired) electrons. The number of rotatable bonds is 28. The molecule has 0 heterocycles. The highest BCUT2D eigenvalue weighted by Crippen LogP contribution is 2.08. The number of thiol groups is 1. The molecule has 0 saturated carbocycles. The molecule has 1 rings (SSSR count). The van der Waals surface area contributed by atoms with Gasteiger partial charge < -0.3 is 69.1 Å². The lowest BCUT2D eigenvalue weighted by atomic mass is 10.1. The molecular formula is C35H54N10O13S. The van der Waals surface area contributed by atoms with Crippen molar-refractivity contribution < 1.29 is 63.6 Å². The van der Waals surface area contributed by atoms with Gasteiger partial charge in [0.2, 0.25) is 17.7 Å². The van der Waals surface area contributed by atoms with E-state index in [-0.39, 0.29) is 63.5 Å². The molecule has 23 nitrogen and oxygen atoms in total. The fraction of sp³-hybridized carbons (Fsp3) is 0.543. The summed E-state index contributed by atoms with van der Waals surface area (Å²) in [6, 6.07) is -0.879. The summed E-state index contributed by atoms with van der Waals surface area (Å²) < 4.78 is 0. The molecule has 1 aromatic rings. The lowest BCUT2D eigenvalue weighted by Gasteiger charge is -2.23. The van der Waals surface area contributed by atoms with Crippen LogP contribution in [0.4, 0.5) is 9.59 Å². The number of carboxylic acids is 4. The van der Waals surface area contributed by atoms with Crippen molar-refractivity contribution in [1.29, 1.82) is 0 Å². The highest BCUT2D eigenvalue weighted by atomic mass is 32.1. The van der Waals surface area contributed by atoms with Gasteiger partial charge in [0.25, 0.3) is 0 Å². The number of urea groups is 2. The summed E-state index contributed by atoms with van der Waals surface area (Å²) in [6.07, 6.45) is -0.899. The zero-order valence-electron chi connectivity index (χ0n) is 32.4. The van der Waals surface area contributed by atoms with Crippen molar-refractivity contribution in [2.75, 3.05) is 18.8 Å². The number of nitrogens with one attached hydrogen (secondary N) is 7. The van der Waals surface area contributed by atoms with Gasteiger partial charge in [-0.25, -0.2) is 19.2 Å². The van der Waals surface area contributed by atoms with E-state index in [0.29, 0.717) is 17.5 Å². The van der Waals surface area contributed by atoms with Crippen LogP contribution in [0.5, 0.6) is 0 Å². The van der Waals surface area contributed by atoms with Gasteiger partial charge in [0, 0.05) is 37.8 Å². The molecule has 0 aliphatic carbocycles. The van der Waals surface area contributed by atoms with Crippen LogP contribution in [-0.4, -0.2) is 129 Å². The minimum Gasteiger partial charge on any atom is -0.481 e. The summed E-state index contributed by atoms with van der Waals surface area (Å²) in [7, 11) is 0. The second-order valence-electron chi connectivity index (χ2n) is 13.3. The Hall–Kier alpha value is -6.33. The molecule has 24 heteroatoms. The van der Waals surface area contributed by atoms with Gasteiger partial charge in [-0.3, -0.25) is 29.0 Å². The third kappa shape index (κ3) is 22.9. The van der Waals surface area contributed by atoms with Gasteiger partial charge in [-0.05, 0) is 56.6 Å². The van der Waals surface area contributed by atoms with Crippen molar-refractivity contribution in [3.8, 4) is 0 Å². The maximum Gasteiger partial charge on any atom is 0.326 e. The summed E-state index contributed by atoms with van der Waals surface area (Å²) in [5, 5.41) is 53.7. The van der Waals surface area contributed by atoms with Crippen molar-refractivity contribution in [3.05, 3.63) is 35.4 Å². The van der Waals surface area contributed by atoms with Gasteiger partial charge >= 0.3 is 35.9 Å². The van der Waals surface area contributed by atoms with Gasteiger partial charge in [-0.15, -0.1) is 0 Å². The molecule has 0 bridgehead atoms. The quantitative estimate of drug-likeness (QED) is 0.0191. The molecule has 5 atom stereocenters. The van der Waals surface area contributed by atoms with Crippen LogP contribution in [0.1, 0.15) is 69.4 Å². The van der Waals surface area contributed by atoms with Gasteiger partial charge in [0.15, 0.2) is 5.96 Å². The molecule has 59 heavy (non-hydrogen) atoms. The number of amides is 7. The highest BCUT2D eigenvalue weighted by molar-refractivity contribution is 7.80. The average Bonchev–Trinajstić information content (AvgIpc) is 3.15. The van der Waals surface area contributed by atoms with E-state index in [1.165, 1.54) is 0 Å². The van der Waals surface area contributed by atoms with Crippen LogP contribution in [0.25, 0.3) is 0 Å². The van der Waals surface area contributed by atoms with Crippen LogP contribution < -0.4 is 48.7 Å². The first kappa shape index (κ1) is 50.7. The molecule has 0 aliphatic heterocycles. The Bertz CT molecular complexity index is 1640. The Morgan fingerprint density at radius 2 is 1.24 bits per heavy atom. The number of guanidine groups is 1. The average molecular weight is 855 g/mol. The van der Waals surface area contributed by atoms with Crippen LogP contribution >= 0.6 is 12.6 Å². The first-order valence-electron chi connectivity index (χ1n) is 18.4. The monoisotopic (exact) mass is 854 g/mol. The molecule has 328 valence electrons. The summed E-state index contributed by atoms with van der Waals surface area (Å²) in [6.45, 7) is 2.06. The van der Waals surface area contributed by atoms with Crippen LogP contribution in [0, 0.1) is 0 Å². The first-order chi connectivity index (χ1) is 27.8. The predicted octanol–water partition coefficient (Wildman–Crippen LogP) is -1.80. The zero-order chi connectivity index (χ0) is 44.5. The standard InChI is InChI=1S/C35H54N10O13S/c1-19(18-59)41-30(52)25(16-28(49)50)43-29(51)22(6-4-14-38-33(36)37)42-26(46)15-20-7-9-21(10-8-20)17-40-34(57)39-13-3-2-5-23(31(53)54)44-35(58)45-24(32(55)56)11-12-27(47)48/h7-10,19,22-25,59H,2-6,11-18H2,1H3,(H,41,52)(H,42,46)(H,43,51)(H,47,48)(H,49,50)(H,53,54)(H,55,56)(H4,36,37,38)(H2,39,40,57)(H2,44,45,58)/t19-,22+,23+,24+,25+/m1/s1. The number of carbonyl (C=O) groups excluding carboxylic acids is 5. The largest absolute Gasteiger partial charge is 0.481 e. The fourth-order valence-electron chi connectivity index (χ4n) is 5.08. The second kappa shape index (κ2) is 27.3.